The number of hydrogen-bond acceptors (Lipinski definition) is 3. The highest BCUT2D eigenvalue weighted by Crippen LogP contribution is 2.26. The van der Waals surface area contributed by atoms with Crippen molar-refractivity contribution in [3.8, 4) is 5.75 Å². The van der Waals surface area contributed by atoms with Crippen LogP contribution in [0.25, 0.3) is 0 Å². The zero-order valence-electron chi connectivity index (χ0n) is 12.0. The van der Waals surface area contributed by atoms with Gasteiger partial charge in [0.1, 0.15) is 5.75 Å². The van der Waals surface area contributed by atoms with E-state index < -0.39 is 10.0 Å². The highest BCUT2D eigenvalue weighted by Gasteiger charge is 2.18. The summed E-state index contributed by atoms with van der Waals surface area (Å²) in [5.74, 6) is 0.870. The maximum Gasteiger partial charge on any atom is 0.212 e. The molecular weight excluding hydrogens is 262 g/mol. The molecule has 0 aliphatic carbocycles. The predicted octanol–water partition coefficient (Wildman–Crippen LogP) is 2.86. The van der Waals surface area contributed by atoms with Crippen molar-refractivity contribution in [2.75, 3.05) is 5.75 Å². The summed E-state index contributed by atoms with van der Waals surface area (Å²) in [6.45, 7) is 7.57. The average molecular weight is 285 g/mol. The van der Waals surface area contributed by atoms with Gasteiger partial charge in [0.15, 0.2) is 0 Å². The summed E-state index contributed by atoms with van der Waals surface area (Å²) >= 11 is 0. The minimum absolute atomic E-state index is 0.0561. The number of rotatable bonds is 7. The van der Waals surface area contributed by atoms with Gasteiger partial charge in [-0.15, -0.1) is 0 Å². The molecule has 108 valence electrons. The fraction of sp³-hybridized carbons (Fsp3) is 0.571. The summed E-state index contributed by atoms with van der Waals surface area (Å²) in [7, 11) is -3.23. The molecule has 1 atom stereocenters. The van der Waals surface area contributed by atoms with E-state index in [0.717, 1.165) is 11.3 Å². The minimum Gasteiger partial charge on any atom is -0.491 e. The van der Waals surface area contributed by atoms with Crippen molar-refractivity contribution in [1.82, 2.24) is 4.72 Å². The number of hydrogen-bond donors (Lipinski definition) is 1. The monoisotopic (exact) mass is 285 g/mol. The van der Waals surface area contributed by atoms with Crippen LogP contribution in [0.3, 0.4) is 0 Å². The van der Waals surface area contributed by atoms with Crippen LogP contribution in [0.2, 0.25) is 0 Å². The average Bonchev–Trinajstić information content (AvgIpc) is 2.27. The summed E-state index contributed by atoms with van der Waals surface area (Å²) in [5, 5.41) is 0. The van der Waals surface area contributed by atoms with Crippen LogP contribution in [-0.4, -0.2) is 20.3 Å². The standard InChI is InChI=1S/C14H23NO3S/c1-5-10-19(16,17)15-12(4)13-8-6-7-9-14(13)18-11(2)3/h6-9,11-12,15H,5,10H2,1-4H3. The lowest BCUT2D eigenvalue weighted by atomic mass is 10.1. The largest absolute Gasteiger partial charge is 0.491 e. The predicted molar refractivity (Wildman–Crippen MR) is 77.8 cm³/mol. The van der Waals surface area contributed by atoms with E-state index in [-0.39, 0.29) is 17.9 Å². The van der Waals surface area contributed by atoms with Crippen LogP contribution in [0.4, 0.5) is 0 Å². The molecule has 4 nitrogen and oxygen atoms in total. The summed E-state index contributed by atoms with van der Waals surface area (Å²) in [6, 6.07) is 7.21. The van der Waals surface area contributed by atoms with Crippen molar-refractivity contribution in [2.24, 2.45) is 0 Å². The molecule has 1 aromatic rings. The Kier molecular flexibility index (Phi) is 5.82. The second-order valence-electron chi connectivity index (χ2n) is 4.86. The van der Waals surface area contributed by atoms with Crippen LogP contribution in [0.1, 0.15) is 45.7 Å². The molecule has 0 spiro atoms. The van der Waals surface area contributed by atoms with Crippen LogP contribution < -0.4 is 9.46 Å². The Hall–Kier alpha value is -1.07. The van der Waals surface area contributed by atoms with E-state index in [0.29, 0.717) is 6.42 Å². The fourth-order valence-electron chi connectivity index (χ4n) is 1.86. The molecule has 0 amide bonds. The Labute approximate surface area is 116 Å². The van der Waals surface area contributed by atoms with Crippen LogP contribution >= 0.6 is 0 Å². The van der Waals surface area contributed by atoms with Gasteiger partial charge < -0.3 is 4.74 Å². The molecule has 1 rings (SSSR count). The van der Waals surface area contributed by atoms with Gasteiger partial charge >= 0.3 is 0 Å². The summed E-state index contributed by atoms with van der Waals surface area (Å²) in [6.07, 6.45) is 0.659. The molecule has 5 heteroatoms. The van der Waals surface area contributed by atoms with Crippen molar-refractivity contribution >= 4 is 10.0 Å². The molecule has 0 aromatic heterocycles. The minimum atomic E-state index is -3.23. The Bertz CT molecular complexity index is 497. The molecular formula is C14H23NO3S. The molecule has 1 unspecified atom stereocenters. The molecule has 0 heterocycles. The first-order chi connectivity index (χ1) is 8.85. The molecule has 0 fully saturated rings. The molecule has 0 saturated carbocycles. The van der Waals surface area contributed by atoms with Gasteiger partial charge in [-0.05, 0) is 33.3 Å². The molecule has 0 aliphatic heterocycles. The normalized spacial score (nSPS) is 13.5. The lowest BCUT2D eigenvalue weighted by Gasteiger charge is -2.19. The molecule has 19 heavy (non-hydrogen) atoms. The van der Waals surface area contributed by atoms with Gasteiger partial charge in [-0.25, -0.2) is 13.1 Å². The van der Waals surface area contributed by atoms with E-state index in [9.17, 15) is 8.42 Å². The lowest BCUT2D eigenvalue weighted by Crippen LogP contribution is -2.29. The van der Waals surface area contributed by atoms with Crippen molar-refractivity contribution in [3.63, 3.8) is 0 Å². The van der Waals surface area contributed by atoms with Crippen LogP contribution in [0.5, 0.6) is 5.75 Å². The van der Waals surface area contributed by atoms with E-state index in [4.69, 9.17) is 4.74 Å². The van der Waals surface area contributed by atoms with E-state index in [1.807, 2.05) is 52.0 Å². The highest BCUT2D eigenvalue weighted by atomic mass is 32.2. The van der Waals surface area contributed by atoms with Gasteiger partial charge in [0, 0.05) is 11.6 Å². The lowest BCUT2D eigenvalue weighted by molar-refractivity contribution is 0.238. The van der Waals surface area contributed by atoms with Crippen molar-refractivity contribution in [1.29, 1.82) is 0 Å². The van der Waals surface area contributed by atoms with Gasteiger partial charge in [0.2, 0.25) is 10.0 Å². The van der Waals surface area contributed by atoms with E-state index in [1.165, 1.54) is 0 Å². The number of benzene rings is 1. The zero-order valence-corrected chi connectivity index (χ0v) is 12.8. The first kappa shape index (κ1) is 16.0. The fourth-order valence-corrected chi connectivity index (χ4v) is 3.18. The summed E-state index contributed by atoms with van der Waals surface area (Å²) in [5.41, 5.74) is 0.857. The maximum atomic E-state index is 11.8. The first-order valence-electron chi connectivity index (χ1n) is 6.61. The van der Waals surface area contributed by atoms with Gasteiger partial charge in [-0.1, -0.05) is 25.1 Å². The summed E-state index contributed by atoms with van der Waals surface area (Å²) in [4.78, 5) is 0. The SMILES string of the molecule is CCCS(=O)(=O)NC(C)c1ccccc1OC(C)C. The first-order valence-corrected chi connectivity index (χ1v) is 8.26. The summed E-state index contributed by atoms with van der Waals surface area (Å²) < 4.78 is 32.0. The molecule has 1 N–H and O–H groups in total. The van der Waals surface area contributed by atoms with Crippen molar-refractivity contribution < 1.29 is 13.2 Å². The number of sulfonamides is 1. The Morgan fingerprint density at radius 3 is 2.42 bits per heavy atom. The van der Waals surface area contributed by atoms with E-state index in [2.05, 4.69) is 4.72 Å². The highest BCUT2D eigenvalue weighted by molar-refractivity contribution is 7.89. The van der Waals surface area contributed by atoms with Crippen LogP contribution in [0, 0.1) is 0 Å². The Balaban J connectivity index is 2.90. The Morgan fingerprint density at radius 2 is 1.84 bits per heavy atom. The number of para-hydroxylation sites is 1. The smallest absolute Gasteiger partial charge is 0.212 e. The second-order valence-corrected chi connectivity index (χ2v) is 6.74. The van der Waals surface area contributed by atoms with Gasteiger partial charge in [-0.3, -0.25) is 0 Å². The van der Waals surface area contributed by atoms with Gasteiger partial charge in [-0.2, -0.15) is 0 Å². The van der Waals surface area contributed by atoms with E-state index in [1.54, 1.807) is 0 Å². The third-order valence-corrected chi connectivity index (χ3v) is 4.24. The molecule has 0 aliphatic rings. The topological polar surface area (TPSA) is 55.4 Å². The molecule has 0 saturated heterocycles. The third-order valence-electron chi connectivity index (χ3n) is 2.58. The third kappa shape index (κ3) is 5.20. The van der Waals surface area contributed by atoms with E-state index >= 15 is 0 Å². The molecule has 0 bridgehead atoms. The van der Waals surface area contributed by atoms with Gasteiger partial charge in [0.25, 0.3) is 0 Å². The van der Waals surface area contributed by atoms with Crippen molar-refractivity contribution in [2.45, 2.75) is 46.3 Å². The quantitative estimate of drug-likeness (QED) is 0.838. The number of ether oxygens (including phenoxy) is 1. The van der Waals surface area contributed by atoms with Crippen LogP contribution in [-0.2, 0) is 10.0 Å². The Morgan fingerprint density at radius 1 is 1.21 bits per heavy atom. The molecule has 1 aromatic carbocycles. The van der Waals surface area contributed by atoms with Crippen LogP contribution in [0.15, 0.2) is 24.3 Å². The second kappa shape index (κ2) is 6.91. The zero-order chi connectivity index (χ0) is 14.5. The number of nitrogens with one attached hydrogen (secondary N) is 1. The van der Waals surface area contributed by atoms with Crippen molar-refractivity contribution in [3.05, 3.63) is 29.8 Å². The molecule has 0 radical (unpaired) electrons. The maximum absolute atomic E-state index is 11.8. The van der Waals surface area contributed by atoms with Gasteiger partial charge in [0.05, 0.1) is 11.9 Å².